The minimum absolute atomic E-state index is 0.788. The maximum atomic E-state index is 6.18. The molecule has 2 aliphatic rings. The van der Waals surface area contributed by atoms with E-state index in [1.807, 2.05) is 6.07 Å². The molecule has 0 amide bonds. The van der Waals surface area contributed by atoms with Crippen LogP contribution in [-0.2, 0) is 4.74 Å². The van der Waals surface area contributed by atoms with Crippen LogP contribution in [-0.4, -0.2) is 45.2 Å². The van der Waals surface area contributed by atoms with Gasteiger partial charge in [0.05, 0.1) is 13.2 Å². The Morgan fingerprint density at radius 1 is 1.26 bits per heavy atom. The standard InChI is InChI=1S/C14H20N4O/c15-13-10-11(18-6-8-19-9-7-18)2-3-12(13)14-16-4-1-5-17-14/h2-3,10H,1,4-9,15H2,(H,16,17). The first-order chi connectivity index (χ1) is 9.34. The number of hydrogen-bond acceptors (Lipinski definition) is 5. The molecule has 102 valence electrons. The summed E-state index contributed by atoms with van der Waals surface area (Å²) in [6.45, 7) is 5.29. The molecule has 2 aliphatic heterocycles. The van der Waals surface area contributed by atoms with Crippen LogP contribution in [0.1, 0.15) is 12.0 Å². The van der Waals surface area contributed by atoms with E-state index in [1.54, 1.807) is 0 Å². The summed E-state index contributed by atoms with van der Waals surface area (Å²) >= 11 is 0. The van der Waals surface area contributed by atoms with Crippen LogP contribution in [0.3, 0.4) is 0 Å². The highest BCUT2D eigenvalue weighted by Crippen LogP contribution is 2.23. The average Bonchev–Trinajstić information content (AvgIpc) is 2.49. The summed E-state index contributed by atoms with van der Waals surface area (Å²) < 4.78 is 5.37. The topological polar surface area (TPSA) is 62.9 Å². The lowest BCUT2D eigenvalue weighted by Gasteiger charge is -2.29. The number of nitrogens with two attached hydrogens (primary N) is 1. The summed E-state index contributed by atoms with van der Waals surface area (Å²) in [5.74, 6) is 0.928. The number of amidine groups is 1. The molecule has 0 unspecified atom stereocenters. The third-order valence-electron chi connectivity index (χ3n) is 3.56. The SMILES string of the molecule is Nc1cc(N2CCOCC2)ccc1C1=NCCCN1. The maximum Gasteiger partial charge on any atom is 0.130 e. The van der Waals surface area contributed by atoms with Gasteiger partial charge in [0.15, 0.2) is 0 Å². The molecule has 0 aromatic heterocycles. The first-order valence-electron chi connectivity index (χ1n) is 6.85. The molecule has 5 nitrogen and oxygen atoms in total. The van der Waals surface area contributed by atoms with Crippen molar-refractivity contribution in [3.63, 3.8) is 0 Å². The molecule has 0 atom stereocenters. The molecule has 0 saturated carbocycles. The van der Waals surface area contributed by atoms with E-state index in [0.717, 1.165) is 62.9 Å². The summed E-state index contributed by atoms with van der Waals surface area (Å²) in [5, 5.41) is 3.31. The highest BCUT2D eigenvalue weighted by Gasteiger charge is 2.14. The molecule has 0 spiro atoms. The number of nitrogen functional groups attached to an aromatic ring is 1. The van der Waals surface area contributed by atoms with Gasteiger partial charge in [0.25, 0.3) is 0 Å². The fourth-order valence-electron chi connectivity index (χ4n) is 2.50. The van der Waals surface area contributed by atoms with Crippen LogP contribution in [0.4, 0.5) is 11.4 Å². The lowest BCUT2D eigenvalue weighted by molar-refractivity contribution is 0.122. The molecule has 1 fully saturated rings. The van der Waals surface area contributed by atoms with E-state index >= 15 is 0 Å². The number of benzene rings is 1. The Hall–Kier alpha value is -1.75. The van der Waals surface area contributed by atoms with Crippen molar-refractivity contribution < 1.29 is 4.74 Å². The number of ether oxygens (including phenoxy) is 1. The molecule has 5 heteroatoms. The lowest BCUT2D eigenvalue weighted by Crippen LogP contribution is -2.36. The van der Waals surface area contributed by atoms with Gasteiger partial charge in [0, 0.05) is 43.1 Å². The quantitative estimate of drug-likeness (QED) is 0.774. The molecule has 1 aromatic carbocycles. The molecule has 0 bridgehead atoms. The van der Waals surface area contributed by atoms with Crippen molar-refractivity contribution in [3.05, 3.63) is 23.8 Å². The van der Waals surface area contributed by atoms with Crippen LogP contribution in [0.5, 0.6) is 0 Å². The van der Waals surface area contributed by atoms with E-state index in [1.165, 1.54) is 5.69 Å². The van der Waals surface area contributed by atoms with Crippen molar-refractivity contribution in [2.24, 2.45) is 4.99 Å². The highest BCUT2D eigenvalue weighted by molar-refractivity contribution is 6.03. The van der Waals surface area contributed by atoms with E-state index in [-0.39, 0.29) is 0 Å². The van der Waals surface area contributed by atoms with Gasteiger partial charge in [-0.25, -0.2) is 0 Å². The van der Waals surface area contributed by atoms with Gasteiger partial charge in [0.1, 0.15) is 5.84 Å². The second kappa shape index (κ2) is 5.48. The molecule has 3 rings (SSSR count). The molecule has 1 aromatic rings. The van der Waals surface area contributed by atoms with E-state index < -0.39 is 0 Å². The molecule has 2 heterocycles. The fraction of sp³-hybridized carbons (Fsp3) is 0.500. The minimum Gasteiger partial charge on any atom is -0.398 e. The van der Waals surface area contributed by atoms with Crippen molar-refractivity contribution in [1.82, 2.24) is 5.32 Å². The van der Waals surface area contributed by atoms with Crippen molar-refractivity contribution in [2.45, 2.75) is 6.42 Å². The van der Waals surface area contributed by atoms with Gasteiger partial charge in [-0.05, 0) is 24.6 Å². The van der Waals surface area contributed by atoms with Crippen molar-refractivity contribution in [2.75, 3.05) is 50.0 Å². The highest BCUT2D eigenvalue weighted by atomic mass is 16.5. The molecule has 0 aliphatic carbocycles. The zero-order valence-electron chi connectivity index (χ0n) is 11.1. The zero-order valence-corrected chi connectivity index (χ0v) is 11.1. The van der Waals surface area contributed by atoms with Gasteiger partial charge < -0.3 is 20.7 Å². The first-order valence-corrected chi connectivity index (χ1v) is 6.85. The molecule has 3 N–H and O–H groups in total. The van der Waals surface area contributed by atoms with Gasteiger partial charge >= 0.3 is 0 Å². The summed E-state index contributed by atoms with van der Waals surface area (Å²) in [4.78, 5) is 6.80. The van der Waals surface area contributed by atoms with Crippen molar-refractivity contribution in [3.8, 4) is 0 Å². The average molecular weight is 260 g/mol. The summed E-state index contributed by atoms with van der Waals surface area (Å²) in [6, 6.07) is 6.23. The maximum absolute atomic E-state index is 6.18. The van der Waals surface area contributed by atoms with E-state index in [0.29, 0.717) is 0 Å². The number of rotatable bonds is 2. The third kappa shape index (κ3) is 2.66. The predicted octanol–water partition coefficient (Wildman–Crippen LogP) is 0.845. The Bertz CT molecular complexity index is 480. The van der Waals surface area contributed by atoms with Crippen molar-refractivity contribution in [1.29, 1.82) is 0 Å². The molecule has 0 radical (unpaired) electrons. The van der Waals surface area contributed by atoms with Crippen LogP contribution in [0.2, 0.25) is 0 Å². The van der Waals surface area contributed by atoms with Gasteiger partial charge in [-0.1, -0.05) is 0 Å². The third-order valence-corrected chi connectivity index (χ3v) is 3.56. The van der Waals surface area contributed by atoms with Crippen molar-refractivity contribution >= 4 is 17.2 Å². The van der Waals surface area contributed by atoms with Gasteiger partial charge in [-0.15, -0.1) is 0 Å². The second-order valence-electron chi connectivity index (χ2n) is 4.88. The normalized spacial score (nSPS) is 19.8. The van der Waals surface area contributed by atoms with Crippen LogP contribution < -0.4 is 16.0 Å². The van der Waals surface area contributed by atoms with E-state index in [4.69, 9.17) is 10.5 Å². The Morgan fingerprint density at radius 2 is 2.11 bits per heavy atom. The zero-order chi connectivity index (χ0) is 13.1. The molecular formula is C14H20N4O. The molecular weight excluding hydrogens is 240 g/mol. The largest absolute Gasteiger partial charge is 0.398 e. The number of anilines is 2. The summed E-state index contributed by atoms with van der Waals surface area (Å²) in [5.41, 5.74) is 9.15. The molecule has 1 saturated heterocycles. The van der Waals surface area contributed by atoms with E-state index in [9.17, 15) is 0 Å². The lowest BCUT2D eigenvalue weighted by atomic mass is 10.1. The van der Waals surface area contributed by atoms with Crippen LogP contribution >= 0.6 is 0 Å². The number of nitrogens with zero attached hydrogens (tertiary/aromatic N) is 2. The molecule has 19 heavy (non-hydrogen) atoms. The Labute approximate surface area is 113 Å². The smallest absolute Gasteiger partial charge is 0.130 e. The van der Waals surface area contributed by atoms with Crippen LogP contribution in [0, 0.1) is 0 Å². The predicted molar refractivity (Wildman–Crippen MR) is 77.9 cm³/mol. The second-order valence-corrected chi connectivity index (χ2v) is 4.88. The number of aliphatic imine (C=N–C) groups is 1. The number of nitrogens with one attached hydrogen (secondary N) is 1. The summed E-state index contributed by atoms with van der Waals surface area (Å²) in [7, 11) is 0. The summed E-state index contributed by atoms with van der Waals surface area (Å²) in [6.07, 6.45) is 1.09. The Balaban J connectivity index is 1.82. The van der Waals surface area contributed by atoms with Gasteiger partial charge in [-0.2, -0.15) is 0 Å². The van der Waals surface area contributed by atoms with E-state index in [2.05, 4.69) is 27.3 Å². The number of morpholine rings is 1. The van der Waals surface area contributed by atoms with Crippen LogP contribution in [0.15, 0.2) is 23.2 Å². The number of hydrogen-bond donors (Lipinski definition) is 2. The fourth-order valence-corrected chi connectivity index (χ4v) is 2.50. The Kier molecular flexibility index (Phi) is 3.55. The minimum atomic E-state index is 0.788. The first kappa shape index (κ1) is 12.3. The van der Waals surface area contributed by atoms with Crippen LogP contribution in [0.25, 0.3) is 0 Å². The Morgan fingerprint density at radius 3 is 2.79 bits per heavy atom. The van der Waals surface area contributed by atoms with Gasteiger partial charge in [0.2, 0.25) is 0 Å². The monoisotopic (exact) mass is 260 g/mol. The van der Waals surface area contributed by atoms with Gasteiger partial charge in [-0.3, -0.25) is 4.99 Å².